The highest BCUT2D eigenvalue weighted by Gasteiger charge is 2.57. The average molecular weight is 275 g/mol. The van der Waals surface area contributed by atoms with Gasteiger partial charge >= 0.3 is 0 Å². The van der Waals surface area contributed by atoms with Gasteiger partial charge in [0.15, 0.2) is 0 Å². The average Bonchev–Trinajstić information content (AvgIpc) is 3.10. The molecule has 0 radical (unpaired) electrons. The lowest BCUT2D eigenvalue weighted by Crippen LogP contribution is -2.31. The number of carbonyl (C=O) groups is 1. The van der Waals surface area contributed by atoms with Crippen LogP contribution >= 0.6 is 0 Å². The largest absolute Gasteiger partial charge is 0.324 e. The molecule has 1 atom stereocenters. The van der Waals surface area contributed by atoms with Gasteiger partial charge in [0.2, 0.25) is 5.91 Å². The predicted molar refractivity (Wildman–Crippen MR) is 77.7 cm³/mol. The molecule has 1 aliphatic heterocycles. The Morgan fingerprint density at radius 2 is 2.15 bits per heavy atom. The van der Waals surface area contributed by atoms with Crippen molar-refractivity contribution in [3.63, 3.8) is 0 Å². The van der Waals surface area contributed by atoms with Crippen molar-refractivity contribution in [1.82, 2.24) is 9.88 Å². The molecule has 5 heteroatoms. The SMILES string of the molecule is Cc1cc(=O)n(C)cc1NC(=O)C1CC12CCNCC2. The molecular weight excluding hydrogens is 254 g/mol. The number of aryl methyl sites for hydroxylation is 2. The zero-order chi connectivity index (χ0) is 14.3. The quantitative estimate of drug-likeness (QED) is 0.847. The first-order chi connectivity index (χ1) is 9.52. The molecule has 2 aliphatic rings. The molecule has 1 saturated carbocycles. The van der Waals surface area contributed by atoms with Gasteiger partial charge in [-0.3, -0.25) is 9.59 Å². The lowest BCUT2D eigenvalue weighted by atomic mass is 9.92. The number of nitrogens with one attached hydrogen (secondary N) is 2. The van der Waals surface area contributed by atoms with Crippen LogP contribution in [0.25, 0.3) is 0 Å². The fourth-order valence-corrected chi connectivity index (χ4v) is 3.27. The molecule has 1 saturated heterocycles. The van der Waals surface area contributed by atoms with E-state index in [0.717, 1.165) is 43.6 Å². The Morgan fingerprint density at radius 3 is 2.85 bits per heavy atom. The van der Waals surface area contributed by atoms with Gasteiger partial charge in [-0.2, -0.15) is 0 Å². The van der Waals surface area contributed by atoms with E-state index in [2.05, 4.69) is 10.6 Å². The van der Waals surface area contributed by atoms with Crippen LogP contribution in [0.5, 0.6) is 0 Å². The molecule has 1 spiro atoms. The van der Waals surface area contributed by atoms with Crippen LogP contribution in [0.2, 0.25) is 0 Å². The first-order valence-electron chi connectivity index (χ1n) is 7.21. The molecule has 1 aromatic heterocycles. The highest BCUT2D eigenvalue weighted by molar-refractivity contribution is 5.95. The third kappa shape index (κ3) is 2.26. The normalized spacial score (nSPS) is 23.6. The second-order valence-corrected chi connectivity index (χ2v) is 6.18. The molecule has 5 nitrogen and oxygen atoms in total. The fraction of sp³-hybridized carbons (Fsp3) is 0.600. The summed E-state index contributed by atoms with van der Waals surface area (Å²) in [6.45, 7) is 3.88. The van der Waals surface area contributed by atoms with Crippen molar-refractivity contribution in [2.24, 2.45) is 18.4 Å². The number of piperidine rings is 1. The molecule has 20 heavy (non-hydrogen) atoms. The third-order valence-corrected chi connectivity index (χ3v) is 4.80. The summed E-state index contributed by atoms with van der Waals surface area (Å²) in [5.74, 6) is 0.245. The van der Waals surface area contributed by atoms with Crippen LogP contribution in [0.3, 0.4) is 0 Å². The van der Waals surface area contributed by atoms with Gasteiger partial charge in [-0.05, 0) is 50.3 Å². The minimum Gasteiger partial charge on any atom is -0.324 e. The highest BCUT2D eigenvalue weighted by atomic mass is 16.2. The highest BCUT2D eigenvalue weighted by Crippen LogP contribution is 2.58. The van der Waals surface area contributed by atoms with Crippen LogP contribution in [0.15, 0.2) is 17.1 Å². The van der Waals surface area contributed by atoms with Crippen molar-refractivity contribution >= 4 is 11.6 Å². The van der Waals surface area contributed by atoms with Gasteiger partial charge in [0.1, 0.15) is 0 Å². The fourth-order valence-electron chi connectivity index (χ4n) is 3.27. The smallest absolute Gasteiger partial charge is 0.250 e. The van der Waals surface area contributed by atoms with Gasteiger partial charge in [-0.25, -0.2) is 0 Å². The Labute approximate surface area is 118 Å². The van der Waals surface area contributed by atoms with Crippen LogP contribution in [0, 0.1) is 18.3 Å². The number of hydrogen-bond acceptors (Lipinski definition) is 3. The second kappa shape index (κ2) is 4.74. The number of pyridine rings is 1. The minimum absolute atomic E-state index is 0.0539. The number of aromatic nitrogens is 1. The van der Waals surface area contributed by atoms with E-state index in [0.29, 0.717) is 0 Å². The number of amides is 1. The molecule has 2 heterocycles. The maximum atomic E-state index is 12.4. The van der Waals surface area contributed by atoms with Crippen molar-refractivity contribution in [1.29, 1.82) is 0 Å². The topological polar surface area (TPSA) is 63.1 Å². The second-order valence-electron chi connectivity index (χ2n) is 6.18. The molecule has 0 aromatic carbocycles. The summed E-state index contributed by atoms with van der Waals surface area (Å²) in [6.07, 6.45) is 4.90. The van der Waals surface area contributed by atoms with E-state index < -0.39 is 0 Å². The Kier molecular flexibility index (Phi) is 3.17. The van der Waals surface area contributed by atoms with Gasteiger partial charge in [0.25, 0.3) is 5.56 Å². The number of hydrogen-bond donors (Lipinski definition) is 2. The molecule has 108 valence electrons. The summed E-state index contributed by atoms with van der Waals surface area (Å²) in [6, 6.07) is 1.56. The van der Waals surface area contributed by atoms with E-state index in [1.807, 2.05) is 6.92 Å². The van der Waals surface area contributed by atoms with E-state index in [4.69, 9.17) is 0 Å². The first-order valence-corrected chi connectivity index (χ1v) is 7.21. The number of nitrogens with zero attached hydrogens (tertiary/aromatic N) is 1. The Hall–Kier alpha value is -1.62. The summed E-state index contributed by atoms with van der Waals surface area (Å²) in [4.78, 5) is 23.9. The van der Waals surface area contributed by atoms with Gasteiger partial charge in [-0.15, -0.1) is 0 Å². The summed E-state index contributed by atoms with van der Waals surface area (Å²) < 4.78 is 1.50. The van der Waals surface area contributed by atoms with Gasteiger partial charge in [0.05, 0.1) is 5.69 Å². The molecular formula is C15H21N3O2. The molecule has 1 amide bonds. The predicted octanol–water partition coefficient (Wildman–Crippen LogP) is 1.02. The summed E-state index contributed by atoms with van der Waals surface area (Å²) >= 11 is 0. The Bertz CT molecular complexity index is 600. The summed E-state index contributed by atoms with van der Waals surface area (Å²) in [5.41, 5.74) is 1.75. The van der Waals surface area contributed by atoms with Crippen LogP contribution < -0.4 is 16.2 Å². The van der Waals surface area contributed by atoms with E-state index in [-0.39, 0.29) is 22.8 Å². The van der Waals surface area contributed by atoms with E-state index in [9.17, 15) is 9.59 Å². The first kappa shape index (κ1) is 13.4. The Balaban J connectivity index is 1.71. The van der Waals surface area contributed by atoms with Crippen LogP contribution in [0.1, 0.15) is 24.8 Å². The van der Waals surface area contributed by atoms with Gasteiger partial charge < -0.3 is 15.2 Å². The lowest BCUT2D eigenvalue weighted by Gasteiger charge is -2.23. The zero-order valence-electron chi connectivity index (χ0n) is 12.0. The van der Waals surface area contributed by atoms with Crippen molar-refractivity contribution < 1.29 is 4.79 Å². The molecule has 1 aliphatic carbocycles. The Morgan fingerprint density at radius 1 is 1.45 bits per heavy atom. The number of rotatable bonds is 2. The molecule has 1 aromatic rings. The number of anilines is 1. The monoisotopic (exact) mass is 275 g/mol. The maximum absolute atomic E-state index is 12.4. The number of carbonyl (C=O) groups excluding carboxylic acids is 1. The van der Waals surface area contributed by atoms with Crippen molar-refractivity contribution in [2.45, 2.75) is 26.2 Å². The lowest BCUT2D eigenvalue weighted by molar-refractivity contribution is -0.118. The molecule has 0 bridgehead atoms. The molecule has 1 unspecified atom stereocenters. The molecule has 3 rings (SSSR count). The third-order valence-electron chi connectivity index (χ3n) is 4.80. The molecule has 2 N–H and O–H groups in total. The van der Waals surface area contributed by atoms with Crippen LogP contribution in [0.4, 0.5) is 5.69 Å². The minimum atomic E-state index is -0.0539. The van der Waals surface area contributed by atoms with E-state index in [1.165, 1.54) is 4.57 Å². The zero-order valence-corrected chi connectivity index (χ0v) is 12.0. The van der Waals surface area contributed by atoms with E-state index in [1.54, 1.807) is 19.3 Å². The van der Waals surface area contributed by atoms with Crippen molar-refractivity contribution in [3.05, 3.63) is 28.2 Å². The molecule has 2 fully saturated rings. The van der Waals surface area contributed by atoms with Crippen LogP contribution in [-0.2, 0) is 11.8 Å². The maximum Gasteiger partial charge on any atom is 0.250 e. The van der Waals surface area contributed by atoms with Gasteiger partial charge in [0, 0.05) is 25.2 Å². The summed E-state index contributed by atoms with van der Waals surface area (Å²) in [5, 5.41) is 6.34. The van der Waals surface area contributed by atoms with Crippen molar-refractivity contribution in [3.8, 4) is 0 Å². The standard InChI is InChI=1S/C15H21N3O2/c1-10-7-13(19)18(2)9-12(10)17-14(20)11-8-15(11)3-5-16-6-4-15/h7,9,11,16H,3-6,8H2,1-2H3,(H,17,20). The van der Waals surface area contributed by atoms with Gasteiger partial charge in [-0.1, -0.05) is 0 Å². The van der Waals surface area contributed by atoms with Crippen molar-refractivity contribution in [2.75, 3.05) is 18.4 Å². The van der Waals surface area contributed by atoms with Crippen LogP contribution in [-0.4, -0.2) is 23.6 Å². The summed E-state index contributed by atoms with van der Waals surface area (Å²) in [7, 11) is 1.70. The van der Waals surface area contributed by atoms with E-state index >= 15 is 0 Å².